The summed E-state index contributed by atoms with van der Waals surface area (Å²) in [4.78, 5) is 14.9. The predicted octanol–water partition coefficient (Wildman–Crippen LogP) is 3.53. The lowest BCUT2D eigenvalue weighted by molar-refractivity contribution is 0.0761. The molecule has 1 aliphatic rings. The third-order valence-electron chi connectivity index (χ3n) is 4.75. The van der Waals surface area contributed by atoms with Crippen molar-refractivity contribution in [2.75, 3.05) is 24.4 Å². The molecular weight excluding hydrogens is 348 g/mol. The molecule has 0 saturated carbocycles. The number of amides is 1. The van der Waals surface area contributed by atoms with Gasteiger partial charge in [0.15, 0.2) is 0 Å². The largest absolute Gasteiger partial charge is 0.339 e. The first-order valence-electron chi connectivity index (χ1n) is 8.93. The van der Waals surface area contributed by atoms with Crippen LogP contribution in [0.25, 0.3) is 0 Å². The maximum atomic E-state index is 12.8. The Bertz CT molecular complexity index is 858. The number of carbonyl (C=O) groups is 1. The summed E-state index contributed by atoms with van der Waals surface area (Å²) >= 11 is 0. The zero-order valence-electron chi connectivity index (χ0n) is 15.0. The summed E-state index contributed by atoms with van der Waals surface area (Å²) in [6, 6.07) is 15.2. The van der Waals surface area contributed by atoms with Gasteiger partial charge >= 0.3 is 0 Å². The molecule has 2 aromatic carbocycles. The van der Waals surface area contributed by atoms with E-state index in [2.05, 4.69) is 0 Å². The topological polar surface area (TPSA) is 57.7 Å². The second kappa shape index (κ2) is 7.91. The van der Waals surface area contributed by atoms with Gasteiger partial charge < -0.3 is 4.90 Å². The Morgan fingerprint density at radius 3 is 2.23 bits per heavy atom. The highest BCUT2D eigenvalue weighted by Crippen LogP contribution is 2.24. The minimum atomic E-state index is -3.66. The third kappa shape index (κ3) is 3.90. The molecule has 0 radical (unpaired) electrons. The summed E-state index contributed by atoms with van der Waals surface area (Å²) in [5, 5.41) is 0. The Kier molecular flexibility index (Phi) is 5.61. The minimum absolute atomic E-state index is 0.0285. The molecule has 1 fully saturated rings. The van der Waals surface area contributed by atoms with Crippen LogP contribution in [0.5, 0.6) is 0 Å². The predicted molar refractivity (Wildman–Crippen MR) is 103 cm³/mol. The second-order valence-electron chi connectivity index (χ2n) is 6.54. The zero-order valence-corrected chi connectivity index (χ0v) is 15.8. The van der Waals surface area contributed by atoms with Gasteiger partial charge in [0.2, 0.25) is 0 Å². The normalized spacial score (nSPS) is 15.3. The first kappa shape index (κ1) is 18.5. The van der Waals surface area contributed by atoms with Gasteiger partial charge in [-0.1, -0.05) is 37.1 Å². The van der Waals surface area contributed by atoms with Crippen molar-refractivity contribution in [1.29, 1.82) is 0 Å². The number of benzene rings is 2. The number of hydrogen-bond donors (Lipinski definition) is 0. The van der Waals surface area contributed by atoms with Crippen LogP contribution >= 0.6 is 0 Å². The van der Waals surface area contributed by atoms with Crippen LogP contribution in [0.4, 0.5) is 5.69 Å². The van der Waals surface area contributed by atoms with Crippen molar-refractivity contribution in [3.8, 4) is 0 Å². The van der Waals surface area contributed by atoms with Crippen LogP contribution in [0.2, 0.25) is 0 Å². The van der Waals surface area contributed by atoms with Gasteiger partial charge in [-0.05, 0) is 43.2 Å². The van der Waals surface area contributed by atoms with Gasteiger partial charge in [0.25, 0.3) is 15.9 Å². The molecule has 0 spiro atoms. The lowest BCUT2D eigenvalue weighted by Crippen LogP contribution is -2.32. The number of sulfonamides is 1. The second-order valence-corrected chi connectivity index (χ2v) is 8.51. The smallest absolute Gasteiger partial charge is 0.264 e. The van der Waals surface area contributed by atoms with Gasteiger partial charge in [0.1, 0.15) is 0 Å². The maximum Gasteiger partial charge on any atom is 0.264 e. The number of hydrogen-bond acceptors (Lipinski definition) is 3. The van der Waals surface area contributed by atoms with Crippen LogP contribution in [0.1, 0.15) is 36.0 Å². The Hall–Kier alpha value is -2.34. The summed E-state index contributed by atoms with van der Waals surface area (Å²) in [6.07, 6.45) is 4.35. The highest BCUT2D eigenvalue weighted by molar-refractivity contribution is 7.92. The van der Waals surface area contributed by atoms with Crippen molar-refractivity contribution < 1.29 is 13.2 Å². The Morgan fingerprint density at radius 1 is 0.923 bits per heavy atom. The third-order valence-corrected chi connectivity index (χ3v) is 6.55. The van der Waals surface area contributed by atoms with Crippen LogP contribution in [0.3, 0.4) is 0 Å². The van der Waals surface area contributed by atoms with Gasteiger partial charge in [0, 0.05) is 25.7 Å². The van der Waals surface area contributed by atoms with Crippen LogP contribution in [-0.2, 0) is 10.0 Å². The molecule has 5 nitrogen and oxygen atoms in total. The highest BCUT2D eigenvalue weighted by Gasteiger charge is 2.23. The SMILES string of the molecule is CN(c1cccc(C(=O)N2CCCCCC2)c1)S(=O)(=O)c1ccccc1. The van der Waals surface area contributed by atoms with Gasteiger partial charge in [-0.25, -0.2) is 8.42 Å². The molecule has 1 saturated heterocycles. The summed E-state index contributed by atoms with van der Waals surface area (Å²) in [6.45, 7) is 1.53. The number of likely N-dealkylation sites (tertiary alicyclic amines) is 1. The highest BCUT2D eigenvalue weighted by atomic mass is 32.2. The molecule has 3 rings (SSSR count). The van der Waals surface area contributed by atoms with E-state index in [-0.39, 0.29) is 10.8 Å². The standard InChI is InChI=1S/C20H24N2O3S/c1-21(26(24,25)19-12-5-4-6-13-19)18-11-9-10-17(16-18)20(23)22-14-7-2-3-8-15-22/h4-6,9-13,16H,2-3,7-8,14-15H2,1H3. The minimum Gasteiger partial charge on any atom is -0.339 e. The molecule has 0 N–H and O–H groups in total. The fourth-order valence-electron chi connectivity index (χ4n) is 3.18. The monoisotopic (exact) mass is 372 g/mol. The Morgan fingerprint density at radius 2 is 1.58 bits per heavy atom. The van der Waals surface area contributed by atoms with Crippen molar-refractivity contribution in [3.05, 3.63) is 60.2 Å². The van der Waals surface area contributed by atoms with E-state index in [0.717, 1.165) is 38.8 Å². The summed E-state index contributed by atoms with van der Waals surface area (Å²) in [7, 11) is -2.14. The van der Waals surface area contributed by atoms with Gasteiger partial charge in [-0.15, -0.1) is 0 Å². The van der Waals surface area contributed by atoms with E-state index in [1.807, 2.05) is 4.90 Å². The van der Waals surface area contributed by atoms with Gasteiger partial charge in [0.05, 0.1) is 10.6 Å². The van der Waals surface area contributed by atoms with Crippen LogP contribution in [0, 0.1) is 0 Å². The number of anilines is 1. The van der Waals surface area contributed by atoms with E-state index >= 15 is 0 Å². The molecule has 1 amide bonds. The number of nitrogens with zero attached hydrogens (tertiary/aromatic N) is 2. The van der Waals surface area contributed by atoms with Crippen LogP contribution < -0.4 is 4.31 Å². The maximum absolute atomic E-state index is 12.8. The van der Waals surface area contributed by atoms with Crippen molar-refractivity contribution in [3.63, 3.8) is 0 Å². The molecule has 0 bridgehead atoms. The average Bonchev–Trinajstić information content (AvgIpc) is 2.97. The van der Waals surface area contributed by atoms with E-state index in [1.165, 1.54) is 11.4 Å². The number of rotatable bonds is 4. The molecule has 1 aliphatic heterocycles. The molecule has 138 valence electrons. The van der Waals surface area contributed by atoms with Gasteiger partial charge in [-0.2, -0.15) is 0 Å². The first-order chi connectivity index (χ1) is 12.5. The lowest BCUT2D eigenvalue weighted by atomic mass is 10.1. The molecule has 1 heterocycles. The van der Waals surface area contributed by atoms with E-state index in [9.17, 15) is 13.2 Å². The van der Waals surface area contributed by atoms with E-state index in [0.29, 0.717) is 11.3 Å². The fraction of sp³-hybridized carbons (Fsp3) is 0.350. The molecule has 6 heteroatoms. The number of carbonyl (C=O) groups excluding carboxylic acids is 1. The molecule has 0 unspecified atom stereocenters. The summed E-state index contributed by atoms with van der Waals surface area (Å²) in [5.41, 5.74) is 1.01. The fourth-order valence-corrected chi connectivity index (χ4v) is 4.39. The van der Waals surface area contributed by atoms with E-state index in [1.54, 1.807) is 54.6 Å². The van der Waals surface area contributed by atoms with Crippen LogP contribution in [-0.4, -0.2) is 39.4 Å². The van der Waals surface area contributed by atoms with Crippen molar-refractivity contribution in [2.24, 2.45) is 0 Å². The Labute approximate surface area is 155 Å². The van der Waals surface area contributed by atoms with E-state index in [4.69, 9.17) is 0 Å². The summed E-state index contributed by atoms with van der Waals surface area (Å²) < 4.78 is 26.8. The first-order valence-corrected chi connectivity index (χ1v) is 10.4. The summed E-state index contributed by atoms with van der Waals surface area (Å²) in [5.74, 6) is -0.0285. The van der Waals surface area contributed by atoms with Crippen LogP contribution in [0.15, 0.2) is 59.5 Å². The van der Waals surface area contributed by atoms with Crippen molar-refractivity contribution >= 4 is 21.6 Å². The quantitative estimate of drug-likeness (QED) is 0.825. The van der Waals surface area contributed by atoms with Gasteiger partial charge in [-0.3, -0.25) is 9.10 Å². The van der Waals surface area contributed by atoms with E-state index < -0.39 is 10.0 Å². The molecule has 0 aromatic heterocycles. The lowest BCUT2D eigenvalue weighted by Gasteiger charge is -2.23. The van der Waals surface area contributed by atoms with Crippen molar-refractivity contribution in [2.45, 2.75) is 30.6 Å². The zero-order chi connectivity index (χ0) is 18.6. The van der Waals surface area contributed by atoms with Crippen molar-refractivity contribution in [1.82, 2.24) is 4.90 Å². The molecule has 26 heavy (non-hydrogen) atoms. The Balaban J connectivity index is 1.85. The average molecular weight is 372 g/mol. The molecule has 2 aromatic rings. The molecule has 0 aliphatic carbocycles. The molecular formula is C20H24N2O3S. The molecule has 0 atom stereocenters.